The maximum atomic E-state index is 11.9. The van der Waals surface area contributed by atoms with Crippen molar-refractivity contribution in [1.82, 2.24) is 0 Å². The van der Waals surface area contributed by atoms with Gasteiger partial charge in [0, 0.05) is 11.1 Å². The van der Waals surface area contributed by atoms with Gasteiger partial charge >= 0.3 is 11.9 Å². The number of carbonyl (C=O) groups is 2. The number of hydrogen-bond donors (Lipinski definition) is 4. The summed E-state index contributed by atoms with van der Waals surface area (Å²) >= 11 is 0. The highest BCUT2D eigenvalue weighted by Gasteiger charge is 2.63. The van der Waals surface area contributed by atoms with E-state index in [9.17, 15) is 30.0 Å². The summed E-state index contributed by atoms with van der Waals surface area (Å²) < 4.78 is 0. The van der Waals surface area contributed by atoms with Gasteiger partial charge in [0.15, 0.2) is 0 Å². The molecule has 0 aliphatic rings. The van der Waals surface area contributed by atoms with E-state index in [-0.39, 0.29) is 11.1 Å². The largest absolute Gasteiger partial charge is 0.479 e. The molecule has 0 spiro atoms. The second-order valence-electron chi connectivity index (χ2n) is 5.66. The summed E-state index contributed by atoms with van der Waals surface area (Å²) in [6, 6.07) is 11.8. The summed E-state index contributed by atoms with van der Waals surface area (Å²) in [6.07, 6.45) is 0. The number of aliphatic hydroxyl groups is 2. The molecule has 6 heteroatoms. The molecule has 0 saturated carbocycles. The third-order valence-electron chi connectivity index (χ3n) is 4.21. The Kier molecular flexibility index (Phi) is 4.46. The highest BCUT2D eigenvalue weighted by molar-refractivity contribution is 5.93. The number of rotatable bonds is 5. The Labute approximate surface area is 138 Å². The van der Waals surface area contributed by atoms with Crippen molar-refractivity contribution in [2.24, 2.45) is 0 Å². The van der Waals surface area contributed by atoms with Gasteiger partial charge in [-0.25, -0.2) is 9.59 Å². The van der Waals surface area contributed by atoms with Crippen molar-refractivity contribution in [3.63, 3.8) is 0 Å². The summed E-state index contributed by atoms with van der Waals surface area (Å²) in [7, 11) is 0. The lowest BCUT2D eigenvalue weighted by Gasteiger charge is -2.39. The molecule has 2 atom stereocenters. The number of carboxylic acid groups (broad SMARTS) is 2. The third-order valence-corrected chi connectivity index (χ3v) is 4.21. The molecular weight excluding hydrogens is 312 g/mol. The molecule has 0 saturated heterocycles. The van der Waals surface area contributed by atoms with Crippen LogP contribution in [-0.4, -0.2) is 32.4 Å². The van der Waals surface area contributed by atoms with Crippen LogP contribution in [0.3, 0.4) is 0 Å². The Hall–Kier alpha value is -2.70. The van der Waals surface area contributed by atoms with Gasteiger partial charge < -0.3 is 20.4 Å². The minimum Gasteiger partial charge on any atom is -0.479 e. The van der Waals surface area contributed by atoms with Crippen molar-refractivity contribution in [2.45, 2.75) is 25.0 Å². The topological polar surface area (TPSA) is 115 Å². The molecule has 6 nitrogen and oxygen atoms in total. The van der Waals surface area contributed by atoms with Crippen molar-refractivity contribution in [3.05, 3.63) is 70.8 Å². The highest BCUT2D eigenvalue weighted by Crippen LogP contribution is 2.43. The van der Waals surface area contributed by atoms with E-state index in [1.54, 1.807) is 12.1 Å². The molecule has 0 heterocycles. The molecule has 0 fully saturated rings. The Balaban J connectivity index is 2.90. The van der Waals surface area contributed by atoms with Gasteiger partial charge in [0.2, 0.25) is 11.2 Å². The number of aliphatic carboxylic acids is 2. The quantitative estimate of drug-likeness (QED) is 0.661. The first-order valence-corrected chi connectivity index (χ1v) is 7.21. The lowest BCUT2D eigenvalue weighted by Crippen LogP contribution is -2.59. The second kappa shape index (κ2) is 6.07. The standard InChI is InChI=1S/C18H18O6/c1-11-7-3-5-9-13(11)17(23,15(19)20)18(24,16(21)22)14-10-6-4-8-12(14)2/h3-10,23-24H,1-2H3,(H,19,20)(H,21,22)/t17-,18-/m0/s1. The molecule has 0 radical (unpaired) electrons. The predicted molar refractivity (Wildman–Crippen MR) is 85.4 cm³/mol. The first-order chi connectivity index (χ1) is 11.2. The monoisotopic (exact) mass is 330 g/mol. The molecule has 4 N–H and O–H groups in total. The average molecular weight is 330 g/mol. The van der Waals surface area contributed by atoms with Crippen LogP contribution < -0.4 is 0 Å². The van der Waals surface area contributed by atoms with Crippen LogP contribution in [0.1, 0.15) is 22.3 Å². The van der Waals surface area contributed by atoms with Crippen molar-refractivity contribution < 1.29 is 30.0 Å². The van der Waals surface area contributed by atoms with Crippen LogP contribution in [0.15, 0.2) is 48.5 Å². The minimum atomic E-state index is -3.07. The van der Waals surface area contributed by atoms with Gasteiger partial charge in [-0.05, 0) is 25.0 Å². The van der Waals surface area contributed by atoms with E-state index in [1.807, 2.05) is 0 Å². The Bertz CT molecular complexity index is 732. The van der Waals surface area contributed by atoms with E-state index in [2.05, 4.69) is 0 Å². The number of carboxylic acids is 2. The average Bonchev–Trinajstić information content (AvgIpc) is 2.53. The minimum absolute atomic E-state index is 0.189. The van der Waals surface area contributed by atoms with Crippen molar-refractivity contribution in [1.29, 1.82) is 0 Å². The van der Waals surface area contributed by atoms with E-state index in [0.29, 0.717) is 11.1 Å². The van der Waals surface area contributed by atoms with E-state index >= 15 is 0 Å². The molecule has 0 aromatic heterocycles. The maximum Gasteiger partial charge on any atom is 0.344 e. The normalized spacial score (nSPS) is 16.0. The summed E-state index contributed by atoms with van der Waals surface area (Å²) in [5.41, 5.74) is -5.84. The van der Waals surface area contributed by atoms with Crippen molar-refractivity contribution >= 4 is 11.9 Å². The zero-order valence-corrected chi connectivity index (χ0v) is 13.2. The summed E-state index contributed by atoms with van der Waals surface area (Å²) in [4.78, 5) is 23.9. The molecule has 126 valence electrons. The van der Waals surface area contributed by atoms with Crippen molar-refractivity contribution in [3.8, 4) is 0 Å². The van der Waals surface area contributed by atoms with E-state index in [4.69, 9.17) is 0 Å². The number of benzene rings is 2. The molecule has 0 bridgehead atoms. The van der Waals surface area contributed by atoms with Crippen LogP contribution in [0.5, 0.6) is 0 Å². The first-order valence-electron chi connectivity index (χ1n) is 7.21. The maximum absolute atomic E-state index is 11.9. The van der Waals surface area contributed by atoms with Crippen molar-refractivity contribution in [2.75, 3.05) is 0 Å². The van der Waals surface area contributed by atoms with Crippen LogP contribution >= 0.6 is 0 Å². The summed E-state index contributed by atoms with van der Waals surface area (Å²) in [5, 5.41) is 41.3. The third kappa shape index (κ3) is 2.36. The van der Waals surface area contributed by atoms with Gasteiger partial charge in [-0.1, -0.05) is 48.5 Å². The summed E-state index contributed by atoms with van der Waals surface area (Å²) in [6.45, 7) is 3.06. The summed E-state index contributed by atoms with van der Waals surface area (Å²) in [5.74, 6) is -3.71. The van der Waals surface area contributed by atoms with Gasteiger partial charge in [0.05, 0.1) is 0 Å². The Morgan fingerprint density at radius 2 is 1.00 bits per heavy atom. The van der Waals surface area contributed by atoms with Gasteiger partial charge in [0.1, 0.15) is 0 Å². The number of aryl methyl sites for hydroxylation is 2. The van der Waals surface area contributed by atoms with Crippen LogP contribution in [0, 0.1) is 13.8 Å². The molecule has 2 aromatic carbocycles. The fourth-order valence-corrected chi connectivity index (χ4v) is 2.89. The van der Waals surface area contributed by atoms with Gasteiger partial charge in [-0.15, -0.1) is 0 Å². The SMILES string of the molecule is Cc1ccccc1[C@](O)(C(=O)O)[C@@](O)(C(=O)O)c1ccccc1C. The van der Waals surface area contributed by atoms with E-state index in [0.717, 1.165) is 0 Å². The van der Waals surface area contributed by atoms with E-state index < -0.39 is 23.1 Å². The van der Waals surface area contributed by atoms with Gasteiger partial charge in [0.25, 0.3) is 0 Å². The van der Waals surface area contributed by atoms with Gasteiger partial charge in [-0.3, -0.25) is 0 Å². The lowest BCUT2D eigenvalue weighted by molar-refractivity contribution is -0.213. The molecule has 0 unspecified atom stereocenters. The smallest absolute Gasteiger partial charge is 0.344 e. The van der Waals surface area contributed by atoms with Crippen LogP contribution in [0.2, 0.25) is 0 Å². The predicted octanol–water partition coefficient (Wildman–Crippen LogP) is 1.55. The molecule has 0 aliphatic heterocycles. The van der Waals surface area contributed by atoms with E-state index in [1.165, 1.54) is 50.2 Å². The van der Waals surface area contributed by atoms with Crippen LogP contribution in [-0.2, 0) is 20.8 Å². The lowest BCUT2D eigenvalue weighted by atomic mass is 9.71. The molecule has 24 heavy (non-hydrogen) atoms. The van der Waals surface area contributed by atoms with Gasteiger partial charge in [-0.2, -0.15) is 0 Å². The highest BCUT2D eigenvalue weighted by atomic mass is 16.5. The molecule has 2 aromatic rings. The second-order valence-corrected chi connectivity index (χ2v) is 5.66. The Morgan fingerprint density at radius 3 is 1.25 bits per heavy atom. The molecule has 2 rings (SSSR count). The Morgan fingerprint density at radius 1 is 0.708 bits per heavy atom. The zero-order chi connectivity index (χ0) is 18.1. The molecule has 0 amide bonds. The molecular formula is C18H18O6. The fourth-order valence-electron chi connectivity index (χ4n) is 2.89. The zero-order valence-electron chi connectivity index (χ0n) is 13.2. The first kappa shape index (κ1) is 17.7. The molecule has 0 aliphatic carbocycles. The van der Waals surface area contributed by atoms with Crippen LogP contribution in [0.25, 0.3) is 0 Å². The number of hydrogen-bond acceptors (Lipinski definition) is 4. The fraction of sp³-hybridized carbons (Fsp3) is 0.222. The van der Waals surface area contributed by atoms with Crippen LogP contribution in [0.4, 0.5) is 0 Å².